The molecule has 2 heterocycles. The van der Waals surface area contributed by atoms with E-state index in [4.69, 9.17) is 4.74 Å². The second-order valence-electron chi connectivity index (χ2n) is 6.02. The second kappa shape index (κ2) is 5.75. The minimum Gasteiger partial charge on any atom is -0.406 e. The van der Waals surface area contributed by atoms with Gasteiger partial charge in [0.1, 0.15) is 11.4 Å². The first kappa shape index (κ1) is 16.7. The van der Waals surface area contributed by atoms with Crippen molar-refractivity contribution in [3.63, 3.8) is 0 Å². The Morgan fingerprint density at radius 1 is 1.17 bits per heavy atom. The Morgan fingerprint density at radius 2 is 1.88 bits per heavy atom. The first-order valence-corrected chi connectivity index (χ1v) is 7.34. The third-order valence-corrected chi connectivity index (χ3v) is 4.10. The predicted molar refractivity (Wildman–Crippen MR) is 79.2 cm³/mol. The lowest BCUT2D eigenvalue weighted by Crippen LogP contribution is -2.29. The van der Waals surface area contributed by atoms with Crippen molar-refractivity contribution in [2.75, 3.05) is 6.61 Å². The number of aliphatic hydroxyl groups is 1. The van der Waals surface area contributed by atoms with Gasteiger partial charge in [0.05, 0.1) is 17.9 Å². The van der Waals surface area contributed by atoms with Crippen LogP contribution in [0.5, 0.6) is 5.75 Å². The van der Waals surface area contributed by atoms with Crippen LogP contribution in [0.2, 0.25) is 0 Å². The Labute approximate surface area is 136 Å². The second-order valence-corrected chi connectivity index (χ2v) is 6.02. The Bertz CT molecular complexity index is 705. The van der Waals surface area contributed by atoms with Crippen LogP contribution in [0.25, 0.3) is 0 Å². The molecule has 1 aromatic carbocycles. The monoisotopic (exact) mass is 339 g/mol. The van der Waals surface area contributed by atoms with Gasteiger partial charge in [0.15, 0.2) is 0 Å². The number of rotatable bonds is 3. The largest absolute Gasteiger partial charge is 0.573 e. The van der Waals surface area contributed by atoms with E-state index in [1.54, 1.807) is 31.3 Å². The fourth-order valence-electron chi connectivity index (χ4n) is 2.94. The highest BCUT2D eigenvalue weighted by Crippen LogP contribution is 2.45. The Morgan fingerprint density at radius 3 is 2.46 bits per heavy atom. The highest BCUT2D eigenvalue weighted by Gasteiger charge is 2.48. The van der Waals surface area contributed by atoms with Crippen LogP contribution < -0.4 is 4.74 Å². The molecule has 24 heavy (non-hydrogen) atoms. The third-order valence-electron chi connectivity index (χ3n) is 4.10. The Kier molecular flexibility index (Phi) is 4.01. The maximum atomic E-state index is 12.2. The van der Waals surface area contributed by atoms with Gasteiger partial charge in [0.2, 0.25) is 0 Å². The summed E-state index contributed by atoms with van der Waals surface area (Å²) in [6.45, 7) is 1.84. The fourth-order valence-corrected chi connectivity index (χ4v) is 2.94. The van der Waals surface area contributed by atoms with Crippen LogP contribution in [0.3, 0.4) is 0 Å². The number of aromatic nitrogens is 1. The van der Waals surface area contributed by atoms with Crippen LogP contribution >= 0.6 is 0 Å². The number of benzene rings is 1. The van der Waals surface area contributed by atoms with Gasteiger partial charge in [-0.1, -0.05) is 18.2 Å². The molecule has 0 radical (unpaired) electrons. The van der Waals surface area contributed by atoms with E-state index >= 15 is 0 Å². The van der Waals surface area contributed by atoms with Gasteiger partial charge in [-0.2, -0.15) is 0 Å². The molecular formula is C17H16F3NO3. The highest BCUT2D eigenvalue weighted by atomic mass is 19.4. The topological polar surface area (TPSA) is 51.6 Å². The first-order valence-electron chi connectivity index (χ1n) is 7.34. The number of hydrogen-bond donors (Lipinski definition) is 1. The summed E-state index contributed by atoms with van der Waals surface area (Å²) < 4.78 is 46.3. The van der Waals surface area contributed by atoms with E-state index in [0.717, 1.165) is 0 Å². The quantitative estimate of drug-likeness (QED) is 0.930. The molecule has 1 N–H and O–H groups in total. The minimum absolute atomic E-state index is 0.0569. The summed E-state index contributed by atoms with van der Waals surface area (Å²) >= 11 is 0. The molecule has 1 saturated heterocycles. The van der Waals surface area contributed by atoms with Crippen molar-refractivity contribution in [3.05, 3.63) is 59.9 Å². The molecule has 0 saturated carbocycles. The van der Waals surface area contributed by atoms with Crippen LogP contribution in [-0.2, 0) is 15.9 Å². The SMILES string of the molecule is C[C@@]1(c2ccc(OC(F)(F)F)cc2)C[C@@](O)(c2ccccn2)CO1. The molecule has 1 aliphatic rings. The molecule has 3 rings (SSSR count). The summed E-state index contributed by atoms with van der Waals surface area (Å²) in [4.78, 5) is 4.17. The van der Waals surface area contributed by atoms with Gasteiger partial charge < -0.3 is 14.6 Å². The molecule has 1 aliphatic heterocycles. The number of halogens is 3. The molecule has 0 spiro atoms. The average molecular weight is 339 g/mol. The van der Waals surface area contributed by atoms with E-state index in [9.17, 15) is 18.3 Å². The number of hydrogen-bond acceptors (Lipinski definition) is 4. The van der Waals surface area contributed by atoms with Gasteiger partial charge in [0.25, 0.3) is 0 Å². The summed E-state index contributed by atoms with van der Waals surface area (Å²) in [5, 5.41) is 10.8. The van der Waals surface area contributed by atoms with Crippen LogP contribution in [0.1, 0.15) is 24.6 Å². The Hall–Kier alpha value is -2.12. The molecule has 0 aliphatic carbocycles. The van der Waals surface area contributed by atoms with Gasteiger partial charge in [-0.3, -0.25) is 4.98 Å². The molecule has 0 unspecified atom stereocenters. The van der Waals surface area contributed by atoms with Gasteiger partial charge in [0, 0.05) is 12.6 Å². The van der Waals surface area contributed by atoms with Gasteiger partial charge in [-0.25, -0.2) is 0 Å². The van der Waals surface area contributed by atoms with E-state index < -0.39 is 17.6 Å². The number of nitrogens with zero attached hydrogens (tertiary/aromatic N) is 1. The standard InChI is InChI=1S/C17H16F3NO3/c1-15(12-5-7-13(8-6-12)24-17(18,19)20)10-16(22,11-23-15)14-4-2-3-9-21-14/h2-9,22H,10-11H2,1H3/t15-,16-/m0/s1. The highest BCUT2D eigenvalue weighted by molar-refractivity contribution is 5.32. The van der Waals surface area contributed by atoms with Crippen molar-refractivity contribution < 1.29 is 27.8 Å². The van der Waals surface area contributed by atoms with Crippen LogP contribution in [0, 0.1) is 0 Å². The Balaban J connectivity index is 1.80. The molecule has 0 amide bonds. The smallest absolute Gasteiger partial charge is 0.406 e. The number of alkyl halides is 3. The average Bonchev–Trinajstić information content (AvgIpc) is 2.85. The summed E-state index contributed by atoms with van der Waals surface area (Å²) in [6, 6.07) is 10.7. The fraction of sp³-hybridized carbons (Fsp3) is 0.353. The van der Waals surface area contributed by atoms with E-state index in [2.05, 4.69) is 9.72 Å². The third kappa shape index (κ3) is 3.37. The van der Waals surface area contributed by atoms with E-state index in [1.165, 1.54) is 24.3 Å². The van der Waals surface area contributed by atoms with Gasteiger partial charge in [-0.05, 0) is 36.8 Å². The molecule has 2 aromatic rings. The van der Waals surface area contributed by atoms with Crippen molar-refractivity contribution in [1.82, 2.24) is 4.98 Å². The first-order chi connectivity index (χ1) is 11.2. The zero-order valence-electron chi connectivity index (χ0n) is 12.9. The van der Waals surface area contributed by atoms with Crippen molar-refractivity contribution in [1.29, 1.82) is 0 Å². The maximum absolute atomic E-state index is 12.2. The molecule has 1 fully saturated rings. The predicted octanol–water partition coefficient (Wildman–Crippen LogP) is 3.50. The van der Waals surface area contributed by atoms with Gasteiger partial charge >= 0.3 is 6.36 Å². The molecule has 1 aromatic heterocycles. The normalized spacial score (nSPS) is 27.2. The van der Waals surface area contributed by atoms with E-state index in [1.807, 2.05) is 0 Å². The van der Waals surface area contributed by atoms with Crippen LogP contribution in [0.15, 0.2) is 48.7 Å². The number of ether oxygens (including phenoxy) is 2. The summed E-state index contributed by atoms with van der Waals surface area (Å²) in [7, 11) is 0. The summed E-state index contributed by atoms with van der Waals surface area (Å²) in [5.41, 5.74) is -0.908. The number of pyridine rings is 1. The summed E-state index contributed by atoms with van der Waals surface area (Å²) in [6.07, 6.45) is -2.89. The van der Waals surface area contributed by atoms with Crippen LogP contribution in [-0.4, -0.2) is 23.1 Å². The molecule has 4 nitrogen and oxygen atoms in total. The van der Waals surface area contributed by atoms with E-state index in [0.29, 0.717) is 11.3 Å². The zero-order valence-corrected chi connectivity index (χ0v) is 12.9. The van der Waals surface area contributed by atoms with Crippen molar-refractivity contribution >= 4 is 0 Å². The molecule has 2 atom stereocenters. The lowest BCUT2D eigenvalue weighted by Gasteiger charge is -2.26. The lowest BCUT2D eigenvalue weighted by atomic mass is 9.85. The molecular weight excluding hydrogens is 323 g/mol. The zero-order chi connectivity index (χ0) is 17.4. The molecule has 7 heteroatoms. The van der Waals surface area contributed by atoms with Crippen molar-refractivity contribution in [2.45, 2.75) is 30.9 Å². The molecule has 0 bridgehead atoms. The maximum Gasteiger partial charge on any atom is 0.573 e. The molecule has 128 valence electrons. The van der Waals surface area contributed by atoms with Crippen LogP contribution in [0.4, 0.5) is 13.2 Å². The van der Waals surface area contributed by atoms with E-state index in [-0.39, 0.29) is 18.8 Å². The lowest BCUT2D eigenvalue weighted by molar-refractivity contribution is -0.274. The van der Waals surface area contributed by atoms with Crippen molar-refractivity contribution in [2.24, 2.45) is 0 Å². The van der Waals surface area contributed by atoms with Crippen molar-refractivity contribution in [3.8, 4) is 5.75 Å². The minimum atomic E-state index is -4.73. The summed E-state index contributed by atoms with van der Waals surface area (Å²) in [5.74, 6) is -0.298. The van der Waals surface area contributed by atoms with Gasteiger partial charge in [-0.15, -0.1) is 13.2 Å².